The van der Waals surface area contributed by atoms with E-state index in [1.54, 1.807) is 43.3 Å². The monoisotopic (exact) mass is 367 g/mol. The summed E-state index contributed by atoms with van der Waals surface area (Å²) in [6, 6.07) is 13.9. The predicted octanol–water partition coefficient (Wildman–Crippen LogP) is 2.87. The van der Waals surface area contributed by atoms with E-state index in [2.05, 4.69) is 0 Å². The molecule has 1 amide bonds. The third kappa shape index (κ3) is 4.00. The molecule has 0 radical (unpaired) electrons. The Kier molecular flexibility index (Phi) is 5.26. The minimum absolute atomic E-state index is 0.0867. The normalized spacial score (nSPS) is 17.0. The molecule has 0 fully saturated rings. The summed E-state index contributed by atoms with van der Waals surface area (Å²) in [6.07, 6.45) is -0.799. The molecule has 2 aromatic carbocycles. The average Bonchev–Trinajstić information content (AvgIpc) is 2.66. The number of ketones is 1. The van der Waals surface area contributed by atoms with Crippen molar-refractivity contribution < 1.29 is 24.2 Å². The fourth-order valence-corrected chi connectivity index (χ4v) is 3.29. The maximum absolute atomic E-state index is 12.8. The van der Waals surface area contributed by atoms with E-state index in [9.17, 15) is 19.5 Å². The zero-order valence-electron chi connectivity index (χ0n) is 15.2. The highest BCUT2D eigenvalue weighted by Crippen LogP contribution is 2.29. The molecular weight excluding hydrogens is 346 g/mol. The number of ether oxygens (including phenoxy) is 1. The Hall–Kier alpha value is -3.15. The summed E-state index contributed by atoms with van der Waals surface area (Å²) < 4.78 is 5.71. The lowest BCUT2D eigenvalue weighted by molar-refractivity contribution is -0.143. The zero-order valence-corrected chi connectivity index (χ0v) is 15.2. The summed E-state index contributed by atoms with van der Waals surface area (Å²) in [5, 5.41) is 9.54. The molecule has 1 aliphatic heterocycles. The van der Waals surface area contributed by atoms with Crippen LogP contribution in [0.15, 0.2) is 48.5 Å². The number of carbonyl (C=O) groups is 3. The lowest BCUT2D eigenvalue weighted by atomic mass is 9.89. The van der Waals surface area contributed by atoms with Crippen molar-refractivity contribution in [3.05, 3.63) is 65.2 Å². The van der Waals surface area contributed by atoms with Crippen LogP contribution in [0.2, 0.25) is 0 Å². The number of aliphatic carboxylic acids is 1. The van der Waals surface area contributed by atoms with Gasteiger partial charge in [0.1, 0.15) is 5.75 Å². The van der Waals surface area contributed by atoms with Crippen LogP contribution in [-0.2, 0) is 16.1 Å². The van der Waals surface area contributed by atoms with Crippen molar-refractivity contribution in [1.82, 2.24) is 4.90 Å². The van der Waals surface area contributed by atoms with Crippen LogP contribution in [-0.4, -0.2) is 40.3 Å². The van der Waals surface area contributed by atoms with Crippen molar-refractivity contribution in [2.24, 2.45) is 0 Å². The molecule has 140 valence electrons. The summed E-state index contributed by atoms with van der Waals surface area (Å²) in [5.74, 6) is -1.66. The van der Waals surface area contributed by atoms with Crippen LogP contribution >= 0.6 is 0 Å². The molecule has 2 unspecified atom stereocenters. The van der Waals surface area contributed by atoms with Crippen molar-refractivity contribution in [1.29, 1.82) is 0 Å². The molecule has 6 heteroatoms. The van der Waals surface area contributed by atoms with Gasteiger partial charge in [-0.1, -0.05) is 36.4 Å². The molecule has 1 heterocycles. The van der Waals surface area contributed by atoms with E-state index in [0.29, 0.717) is 17.9 Å². The molecule has 2 aromatic rings. The van der Waals surface area contributed by atoms with Gasteiger partial charge < -0.3 is 14.7 Å². The molecule has 0 aliphatic carbocycles. The molecule has 0 saturated heterocycles. The average molecular weight is 367 g/mol. The Morgan fingerprint density at radius 2 is 1.89 bits per heavy atom. The topological polar surface area (TPSA) is 83.9 Å². The minimum atomic E-state index is -0.956. The third-order valence-electron chi connectivity index (χ3n) is 4.71. The summed E-state index contributed by atoms with van der Waals surface area (Å²) in [4.78, 5) is 37.5. The van der Waals surface area contributed by atoms with E-state index in [1.807, 2.05) is 12.1 Å². The lowest BCUT2D eigenvalue weighted by Gasteiger charge is -2.34. The number of benzene rings is 2. The number of carbonyl (C=O) groups excluding carboxylic acids is 2. The fraction of sp³-hybridized carbons (Fsp3) is 0.286. The summed E-state index contributed by atoms with van der Waals surface area (Å²) >= 11 is 0. The minimum Gasteiger partial charge on any atom is -0.481 e. The Balaban J connectivity index is 1.76. The van der Waals surface area contributed by atoms with E-state index in [0.717, 1.165) is 11.1 Å². The van der Waals surface area contributed by atoms with Gasteiger partial charge in [-0.15, -0.1) is 0 Å². The first kappa shape index (κ1) is 18.6. The van der Waals surface area contributed by atoms with Gasteiger partial charge in [-0.3, -0.25) is 14.4 Å². The van der Waals surface area contributed by atoms with Gasteiger partial charge >= 0.3 is 5.97 Å². The number of hydrogen-bond donors (Lipinski definition) is 1. The van der Waals surface area contributed by atoms with Gasteiger partial charge in [0, 0.05) is 18.7 Å². The molecule has 2 atom stereocenters. The summed E-state index contributed by atoms with van der Waals surface area (Å²) in [5.41, 5.74) is 2.08. The molecule has 0 aromatic heterocycles. The molecule has 27 heavy (non-hydrogen) atoms. The van der Waals surface area contributed by atoms with E-state index in [4.69, 9.17) is 4.74 Å². The Labute approximate surface area is 157 Å². The molecule has 6 nitrogen and oxygen atoms in total. The molecule has 0 saturated carbocycles. The van der Waals surface area contributed by atoms with Gasteiger partial charge in [0.25, 0.3) is 5.91 Å². The number of nitrogens with zero attached hydrogens (tertiary/aromatic N) is 1. The number of amides is 1. The van der Waals surface area contributed by atoms with Gasteiger partial charge in [-0.25, -0.2) is 0 Å². The van der Waals surface area contributed by atoms with Crippen LogP contribution in [0.25, 0.3) is 0 Å². The Morgan fingerprint density at radius 3 is 2.59 bits per heavy atom. The number of fused-ring (bicyclic) bond motifs is 1. The van der Waals surface area contributed by atoms with E-state index in [1.165, 1.54) is 11.8 Å². The number of hydrogen-bond acceptors (Lipinski definition) is 4. The van der Waals surface area contributed by atoms with Crippen molar-refractivity contribution in [3.8, 4) is 5.75 Å². The summed E-state index contributed by atoms with van der Waals surface area (Å²) in [6.45, 7) is 3.54. The number of carboxylic acid groups (broad SMARTS) is 1. The summed E-state index contributed by atoms with van der Waals surface area (Å²) in [7, 11) is 0. The number of carboxylic acids is 1. The first-order valence-electron chi connectivity index (χ1n) is 8.74. The maximum atomic E-state index is 12.8. The van der Waals surface area contributed by atoms with Gasteiger partial charge in [-0.05, 0) is 37.1 Å². The molecule has 0 spiro atoms. The molecule has 1 aliphatic rings. The van der Waals surface area contributed by atoms with Gasteiger partial charge in [0.15, 0.2) is 11.9 Å². The van der Waals surface area contributed by atoms with Crippen molar-refractivity contribution in [3.63, 3.8) is 0 Å². The first-order chi connectivity index (χ1) is 12.9. The predicted molar refractivity (Wildman–Crippen MR) is 98.8 cm³/mol. The Bertz CT molecular complexity index is 892. The molecule has 3 rings (SSSR count). The van der Waals surface area contributed by atoms with Gasteiger partial charge in [0.2, 0.25) is 0 Å². The van der Waals surface area contributed by atoms with Crippen LogP contribution in [0.5, 0.6) is 5.75 Å². The van der Waals surface area contributed by atoms with Crippen LogP contribution in [0.1, 0.15) is 41.3 Å². The SMILES string of the molecule is CC(=O)c1cccc(OC(C)C(=O)N2Cc3ccccc3C(C(=O)O)C2)c1. The highest BCUT2D eigenvalue weighted by molar-refractivity contribution is 5.94. The van der Waals surface area contributed by atoms with E-state index < -0.39 is 18.0 Å². The second-order valence-corrected chi connectivity index (χ2v) is 6.65. The van der Waals surface area contributed by atoms with Crippen LogP contribution in [0, 0.1) is 0 Å². The van der Waals surface area contributed by atoms with Gasteiger partial charge in [-0.2, -0.15) is 0 Å². The van der Waals surface area contributed by atoms with E-state index >= 15 is 0 Å². The highest BCUT2D eigenvalue weighted by Gasteiger charge is 2.34. The van der Waals surface area contributed by atoms with Crippen LogP contribution < -0.4 is 4.74 Å². The van der Waals surface area contributed by atoms with Crippen molar-refractivity contribution >= 4 is 17.7 Å². The lowest BCUT2D eigenvalue weighted by Crippen LogP contribution is -2.45. The number of Topliss-reactive ketones (excluding diaryl/α,β-unsaturated/α-hetero) is 1. The molecule has 1 N–H and O–H groups in total. The zero-order chi connectivity index (χ0) is 19.6. The first-order valence-corrected chi connectivity index (χ1v) is 8.74. The smallest absolute Gasteiger partial charge is 0.312 e. The maximum Gasteiger partial charge on any atom is 0.312 e. The third-order valence-corrected chi connectivity index (χ3v) is 4.71. The Morgan fingerprint density at radius 1 is 1.15 bits per heavy atom. The quantitative estimate of drug-likeness (QED) is 0.822. The molecule has 0 bridgehead atoms. The van der Waals surface area contributed by atoms with Crippen LogP contribution in [0.4, 0.5) is 0 Å². The fourth-order valence-electron chi connectivity index (χ4n) is 3.29. The second-order valence-electron chi connectivity index (χ2n) is 6.65. The highest BCUT2D eigenvalue weighted by atomic mass is 16.5. The van der Waals surface area contributed by atoms with Gasteiger partial charge in [0.05, 0.1) is 5.92 Å². The largest absolute Gasteiger partial charge is 0.481 e. The van der Waals surface area contributed by atoms with Crippen molar-refractivity contribution in [2.75, 3.05) is 6.54 Å². The standard InChI is InChI=1S/C21H21NO5/c1-13(23)15-7-5-8-17(10-15)27-14(2)20(24)22-11-16-6-3-4-9-18(16)19(12-22)21(25)26/h3-10,14,19H,11-12H2,1-2H3,(H,25,26). The van der Waals surface area contributed by atoms with E-state index in [-0.39, 0.29) is 18.2 Å². The number of rotatable bonds is 5. The van der Waals surface area contributed by atoms with Crippen LogP contribution in [0.3, 0.4) is 0 Å². The second kappa shape index (κ2) is 7.61. The van der Waals surface area contributed by atoms with Crippen molar-refractivity contribution in [2.45, 2.75) is 32.4 Å². The molecular formula is C21H21NO5.